The van der Waals surface area contributed by atoms with Crippen molar-refractivity contribution in [2.45, 2.75) is 58.7 Å². The molecule has 0 aliphatic carbocycles. The second-order valence-corrected chi connectivity index (χ2v) is 18.7. The van der Waals surface area contributed by atoms with E-state index in [-0.39, 0.29) is 60.7 Å². The SMILES string of the molecule is CC(C)(C)C(c1cc(-c2cc(F)ccc2F)cn1Cc1ccccc1)N(CCCN)C(=O)CSCC(NC(=O)CCC(=O)O)C(=O)NCCS(=O)CCNC(=O)CN1C(=O)C=CC1=O. The molecule has 6 N–H and O–H groups in total. The Hall–Kier alpha value is -5.73. The van der Waals surface area contributed by atoms with Gasteiger partial charge in [0.2, 0.25) is 23.6 Å². The third-order valence-corrected chi connectivity index (χ3v) is 12.3. The van der Waals surface area contributed by atoms with Crippen LogP contribution < -0.4 is 21.7 Å². The van der Waals surface area contributed by atoms with Crippen molar-refractivity contribution in [2.75, 3.05) is 55.7 Å². The predicted molar refractivity (Wildman–Crippen MR) is 239 cm³/mol. The number of imide groups is 1. The van der Waals surface area contributed by atoms with Crippen LogP contribution in [0.1, 0.15) is 57.3 Å². The molecule has 0 saturated heterocycles. The van der Waals surface area contributed by atoms with Gasteiger partial charge >= 0.3 is 5.97 Å². The number of carboxylic acids is 1. The highest BCUT2D eigenvalue weighted by molar-refractivity contribution is 8.00. The number of nitrogens with one attached hydrogen (secondary N) is 3. The van der Waals surface area contributed by atoms with Crippen LogP contribution in [0.2, 0.25) is 0 Å². The van der Waals surface area contributed by atoms with Crippen molar-refractivity contribution >= 4 is 64.0 Å². The Labute approximate surface area is 377 Å². The predicted octanol–water partition coefficient (Wildman–Crippen LogP) is 2.74. The van der Waals surface area contributed by atoms with E-state index in [1.807, 2.05) is 55.7 Å². The molecule has 1 aliphatic heterocycles. The Morgan fingerprint density at radius 3 is 2.23 bits per heavy atom. The van der Waals surface area contributed by atoms with Crippen molar-refractivity contribution in [1.82, 2.24) is 30.3 Å². The van der Waals surface area contributed by atoms with Crippen LogP contribution in [0.4, 0.5) is 8.78 Å². The van der Waals surface area contributed by atoms with E-state index in [4.69, 9.17) is 10.8 Å². The number of aliphatic carboxylic acids is 1. The number of amides is 6. The van der Waals surface area contributed by atoms with Gasteiger partial charge in [-0.05, 0) is 48.2 Å². The highest BCUT2D eigenvalue weighted by Gasteiger charge is 2.37. The van der Waals surface area contributed by atoms with E-state index in [2.05, 4.69) is 16.0 Å². The van der Waals surface area contributed by atoms with Gasteiger partial charge in [0, 0.05) is 95.8 Å². The normalized spacial score (nSPS) is 13.9. The van der Waals surface area contributed by atoms with Gasteiger partial charge in [0.1, 0.15) is 24.2 Å². The van der Waals surface area contributed by atoms with E-state index in [0.717, 1.165) is 52.6 Å². The zero-order valence-electron chi connectivity index (χ0n) is 36.0. The topological polar surface area (TPSA) is 230 Å². The van der Waals surface area contributed by atoms with Gasteiger partial charge in [-0.25, -0.2) is 8.78 Å². The number of carbonyl (C=O) groups excluding carboxylic acids is 6. The minimum absolute atomic E-state index is 0.00523. The second-order valence-electron chi connectivity index (χ2n) is 16.0. The zero-order chi connectivity index (χ0) is 47.0. The zero-order valence-corrected chi connectivity index (χ0v) is 37.6. The Bertz CT molecular complexity index is 2200. The second kappa shape index (κ2) is 24.4. The summed E-state index contributed by atoms with van der Waals surface area (Å²) in [5, 5.41) is 16.8. The fourth-order valence-electron chi connectivity index (χ4n) is 6.89. The number of thioether (sulfide) groups is 1. The summed E-state index contributed by atoms with van der Waals surface area (Å²) in [7, 11) is -1.52. The summed E-state index contributed by atoms with van der Waals surface area (Å²) in [5.41, 5.74) is 7.42. The molecule has 64 heavy (non-hydrogen) atoms. The summed E-state index contributed by atoms with van der Waals surface area (Å²) in [6.07, 6.45) is 3.40. The summed E-state index contributed by atoms with van der Waals surface area (Å²) in [6, 6.07) is 12.7. The molecule has 0 bridgehead atoms. The van der Waals surface area contributed by atoms with Gasteiger partial charge in [0.15, 0.2) is 0 Å². The lowest BCUT2D eigenvalue weighted by Crippen LogP contribution is -2.49. The van der Waals surface area contributed by atoms with E-state index < -0.39 is 94.8 Å². The lowest BCUT2D eigenvalue weighted by atomic mass is 9.83. The van der Waals surface area contributed by atoms with Crippen LogP contribution in [0.3, 0.4) is 0 Å². The fourth-order valence-corrected chi connectivity index (χ4v) is 8.68. The minimum atomic E-state index is -1.52. The molecule has 0 radical (unpaired) electrons. The summed E-state index contributed by atoms with van der Waals surface area (Å²) < 4.78 is 44.2. The maximum absolute atomic E-state index is 15.2. The van der Waals surface area contributed by atoms with E-state index in [1.165, 1.54) is 0 Å². The first-order valence-corrected chi connectivity index (χ1v) is 23.2. The maximum atomic E-state index is 15.2. The Balaban J connectivity index is 1.47. The van der Waals surface area contributed by atoms with E-state index in [1.54, 1.807) is 17.2 Å². The quantitative estimate of drug-likeness (QED) is 0.0776. The summed E-state index contributed by atoms with van der Waals surface area (Å²) >= 11 is 1.06. The molecule has 3 aromatic rings. The molecule has 0 fully saturated rings. The standard InChI is InChI=1S/C44H55F2N7O9S2/c1-44(2,3)42(35-22-30(32-23-31(45)10-11-33(32)46)25-51(35)24-29-8-5-4-6-9-29)52(19-7-16-47)40(58)28-63-27-34(50-36(54)12-15-41(59)60)43(61)49-18-21-64(62)20-17-48-37(55)26-53-38(56)13-14-39(53)57/h4-6,8-11,13-14,22-23,25,34,42H,7,12,15-21,24,26-28,47H2,1-3H3,(H,48,55)(H,49,61)(H,50,54)(H,59,60). The highest BCUT2D eigenvalue weighted by atomic mass is 32.2. The van der Waals surface area contributed by atoms with Gasteiger partial charge in [-0.3, -0.25) is 42.7 Å². The molecule has 2 heterocycles. The molecule has 0 spiro atoms. The number of carboxylic acid groups (broad SMARTS) is 1. The first-order valence-electron chi connectivity index (χ1n) is 20.6. The Morgan fingerprint density at radius 1 is 0.922 bits per heavy atom. The molecular weight excluding hydrogens is 873 g/mol. The van der Waals surface area contributed by atoms with Crippen molar-refractivity contribution in [3.05, 3.63) is 95.8 Å². The van der Waals surface area contributed by atoms with Gasteiger partial charge in [0.05, 0.1) is 18.2 Å². The summed E-state index contributed by atoms with van der Waals surface area (Å²) in [4.78, 5) is 89.6. The smallest absolute Gasteiger partial charge is 0.303 e. The molecule has 20 heteroatoms. The number of nitrogens with zero attached hydrogens (tertiary/aromatic N) is 3. The van der Waals surface area contributed by atoms with Crippen LogP contribution in [0.5, 0.6) is 0 Å². The lowest BCUT2D eigenvalue weighted by molar-refractivity contribution is -0.141. The van der Waals surface area contributed by atoms with Crippen LogP contribution in [-0.4, -0.2) is 127 Å². The molecule has 346 valence electrons. The maximum Gasteiger partial charge on any atom is 0.303 e. The number of nitrogens with two attached hydrogens (primary N) is 1. The molecular formula is C44H55F2N7O9S2. The number of hydrogen-bond donors (Lipinski definition) is 5. The molecule has 0 saturated carbocycles. The molecule has 3 unspecified atom stereocenters. The first kappa shape index (κ1) is 50.9. The third kappa shape index (κ3) is 15.5. The van der Waals surface area contributed by atoms with Gasteiger partial charge in [-0.15, -0.1) is 11.8 Å². The van der Waals surface area contributed by atoms with Crippen molar-refractivity contribution in [3.8, 4) is 11.1 Å². The Morgan fingerprint density at radius 2 is 1.59 bits per heavy atom. The number of carbonyl (C=O) groups is 7. The number of benzene rings is 2. The molecule has 3 atom stereocenters. The third-order valence-electron chi connectivity index (χ3n) is 9.91. The fraction of sp³-hybridized carbons (Fsp3) is 0.432. The van der Waals surface area contributed by atoms with Crippen LogP contribution >= 0.6 is 11.8 Å². The number of aromatic nitrogens is 1. The van der Waals surface area contributed by atoms with Gasteiger partial charge in [-0.2, -0.15) is 0 Å². The van der Waals surface area contributed by atoms with Crippen molar-refractivity contribution in [1.29, 1.82) is 0 Å². The van der Waals surface area contributed by atoms with Crippen LogP contribution in [0, 0.1) is 17.0 Å². The first-order chi connectivity index (χ1) is 30.4. The number of hydrogen-bond acceptors (Lipinski definition) is 10. The number of halogens is 2. The Kier molecular flexibility index (Phi) is 19.4. The molecule has 4 rings (SSSR count). The highest BCUT2D eigenvalue weighted by Crippen LogP contribution is 2.41. The van der Waals surface area contributed by atoms with Crippen LogP contribution in [0.15, 0.2) is 72.9 Å². The van der Waals surface area contributed by atoms with E-state index >= 15 is 4.39 Å². The minimum Gasteiger partial charge on any atom is -0.481 e. The molecule has 1 aliphatic rings. The summed E-state index contributed by atoms with van der Waals surface area (Å²) in [6.45, 7) is 6.16. The van der Waals surface area contributed by atoms with E-state index in [9.17, 15) is 42.2 Å². The largest absolute Gasteiger partial charge is 0.481 e. The van der Waals surface area contributed by atoms with Crippen LogP contribution in [-0.2, 0) is 50.9 Å². The molecule has 6 amide bonds. The van der Waals surface area contributed by atoms with Gasteiger partial charge in [0.25, 0.3) is 11.8 Å². The summed E-state index contributed by atoms with van der Waals surface area (Å²) in [5.74, 6) is -6.22. The number of rotatable bonds is 25. The monoisotopic (exact) mass is 927 g/mol. The van der Waals surface area contributed by atoms with Gasteiger partial charge in [-0.1, -0.05) is 51.1 Å². The van der Waals surface area contributed by atoms with Crippen molar-refractivity contribution in [2.24, 2.45) is 11.1 Å². The average molecular weight is 928 g/mol. The van der Waals surface area contributed by atoms with Gasteiger partial charge < -0.3 is 36.3 Å². The van der Waals surface area contributed by atoms with E-state index in [0.29, 0.717) is 24.2 Å². The molecule has 2 aromatic carbocycles. The lowest BCUT2D eigenvalue weighted by Gasteiger charge is -2.41. The van der Waals surface area contributed by atoms with Crippen LogP contribution in [0.25, 0.3) is 11.1 Å². The van der Waals surface area contributed by atoms with Crippen molar-refractivity contribution in [3.63, 3.8) is 0 Å². The average Bonchev–Trinajstić information content (AvgIpc) is 3.79. The molecule has 16 nitrogen and oxygen atoms in total. The molecule has 1 aromatic heterocycles. The van der Waals surface area contributed by atoms with Crippen molar-refractivity contribution < 1.29 is 51.7 Å².